The minimum absolute atomic E-state index is 0.209. The van der Waals surface area contributed by atoms with E-state index in [4.69, 9.17) is 4.74 Å². The predicted octanol–water partition coefficient (Wildman–Crippen LogP) is 3.23. The average molecular weight is 403 g/mol. The smallest absolute Gasteiger partial charge is 0.339 e. The molecular weight excluding hydrogens is 382 g/mol. The van der Waals surface area contributed by atoms with Gasteiger partial charge in [0.2, 0.25) is 0 Å². The minimum atomic E-state index is -0.605. The number of ether oxygens (including phenoxy) is 1. The molecule has 2 amide bonds. The van der Waals surface area contributed by atoms with Crippen LogP contribution in [0.1, 0.15) is 39.3 Å². The fourth-order valence-electron chi connectivity index (χ4n) is 3.15. The van der Waals surface area contributed by atoms with E-state index in [2.05, 4.69) is 15.6 Å². The fourth-order valence-corrected chi connectivity index (χ4v) is 3.15. The van der Waals surface area contributed by atoms with E-state index in [-0.39, 0.29) is 11.9 Å². The van der Waals surface area contributed by atoms with E-state index < -0.39 is 18.5 Å². The first-order chi connectivity index (χ1) is 14.5. The molecule has 30 heavy (non-hydrogen) atoms. The summed E-state index contributed by atoms with van der Waals surface area (Å²) in [6.45, 7) is 1.33. The van der Waals surface area contributed by atoms with Crippen molar-refractivity contribution >= 4 is 34.4 Å². The van der Waals surface area contributed by atoms with Gasteiger partial charge in [-0.15, -0.1) is 0 Å². The lowest BCUT2D eigenvalue weighted by molar-refractivity contribution is -0.119. The Morgan fingerprint density at radius 2 is 1.77 bits per heavy atom. The van der Waals surface area contributed by atoms with Gasteiger partial charge in [0.05, 0.1) is 22.3 Å². The summed E-state index contributed by atoms with van der Waals surface area (Å²) in [5.74, 6) is -1.36. The lowest BCUT2D eigenvalue weighted by atomic mass is 10.1. The SMILES string of the molecule is Cc1cc(C(=O)OCC(=O)Nc2ccccc2C(=O)NC2CC2)c2ccccc2n1. The molecule has 0 atom stereocenters. The van der Waals surface area contributed by atoms with Gasteiger partial charge in [0.25, 0.3) is 11.8 Å². The number of esters is 1. The van der Waals surface area contributed by atoms with Gasteiger partial charge in [0, 0.05) is 17.1 Å². The van der Waals surface area contributed by atoms with Crippen LogP contribution in [0.15, 0.2) is 54.6 Å². The third kappa shape index (κ3) is 4.46. The number of benzene rings is 2. The summed E-state index contributed by atoms with van der Waals surface area (Å²) >= 11 is 0. The van der Waals surface area contributed by atoms with Crippen molar-refractivity contribution in [3.8, 4) is 0 Å². The molecule has 7 nitrogen and oxygen atoms in total. The van der Waals surface area contributed by atoms with Crippen molar-refractivity contribution in [2.75, 3.05) is 11.9 Å². The number of amides is 2. The van der Waals surface area contributed by atoms with Crippen LogP contribution in [0.3, 0.4) is 0 Å². The highest BCUT2D eigenvalue weighted by molar-refractivity contribution is 6.06. The standard InChI is InChI=1S/C23H21N3O4/c1-14-12-18(16-6-2-4-8-19(16)24-14)23(29)30-13-21(27)26-20-9-5-3-7-17(20)22(28)25-15-10-11-15/h2-9,12,15H,10-11,13H2,1H3,(H,25,28)(H,26,27). The molecule has 2 aromatic carbocycles. The first-order valence-corrected chi connectivity index (χ1v) is 9.74. The summed E-state index contributed by atoms with van der Waals surface area (Å²) in [6.07, 6.45) is 1.94. The second kappa shape index (κ2) is 8.32. The lowest BCUT2D eigenvalue weighted by Crippen LogP contribution is -2.28. The molecule has 1 aliphatic carbocycles. The second-order valence-corrected chi connectivity index (χ2v) is 7.25. The van der Waals surface area contributed by atoms with Gasteiger partial charge in [-0.1, -0.05) is 30.3 Å². The number of aryl methyl sites for hydroxylation is 1. The third-order valence-corrected chi connectivity index (χ3v) is 4.76. The van der Waals surface area contributed by atoms with E-state index in [0.29, 0.717) is 33.4 Å². The van der Waals surface area contributed by atoms with Gasteiger partial charge in [-0.3, -0.25) is 14.6 Å². The topological polar surface area (TPSA) is 97.4 Å². The van der Waals surface area contributed by atoms with Crippen molar-refractivity contribution in [2.45, 2.75) is 25.8 Å². The normalized spacial score (nSPS) is 13.0. The first kappa shape index (κ1) is 19.6. The molecule has 0 bridgehead atoms. The number of carbonyl (C=O) groups excluding carboxylic acids is 3. The zero-order chi connectivity index (χ0) is 21.1. The Kier molecular flexibility index (Phi) is 5.43. The Bertz CT molecular complexity index is 1140. The quantitative estimate of drug-likeness (QED) is 0.616. The molecule has 1 heterocycles. The molecule has 7 heteroatoms. The Hall–Kier alpha value is -3.74. The number of para-hydroxylation sites is 2. The summed E-state index contributed by atoms with van der Waals surface area (Å²) in [6, 6.07) is 15.8. The van der Waals surface area contributed by atoms with Gasteiger partial charge < -0.3 is 15.4 Å². The zero-order valence-electron chi connectivity index (χ0n) is 16.5. The number of rotatable bonds is 6. The maximum absolute atomic E-state index is 12.6. The first-order valence-electron chi connectivity index (χ1n) is 9.74. The number of nitrogens with zero attached hydrogens (tertiary/aromatic N) is 1. The second-order valence-electron chi connectivity index (χ2n) is 7.25. The van der Waals surface area contributed by atoms with E-state index in [1.165, 1.54) is 0 Å². The van der Waals surface area contributed by atoms with Gasteiger partial charge in [0.1, 0.15) is 0 Å². The molecule has 152 valence electrons. The molecule has 0 spiro atoms. The highest BCUT2D eigenvalue weighted by Crippen LogP contribution is 2.22. The van der Waals surface area contributed by atoms with E-state index in [9.17, 15) is 14.4 Å². The van der Waals surface area contributed by atoms with E-state index in [1.807, 2.05) is 18.2 Å². The molecule has 1 saturated carbocycles. The monoisotopic (exact) mass is 403 g/mol. The third-order valence-electron chi connectivity index (χ3n) is 4.76. The van der Waals surface area contributed by atoms with Crippen LogP contribution in [0.4, 0.5) is 5.69 Å². The van der Waals surface area contributed by atoms with Crippen LogP contribution < -0.4 is 10.6 Å². The predicted molar refractivity (Wildman–Crippen MR) is 112 cm³/mol. The number of hydrogen-bond acceptors (Lipinski definition) is 5. The molecule has 1 aromatic heterocycles. The van der Waals surface area contributed by atoms with Crippen LogP contribution in [-0.2, 0) is 9.53 Å². The zero-order valence-corrected chi connectivity index (χ0v) is 16.5. The highest BCUT2D eigenvalue weighted by Gasteiger charge is 2.25. The van der Waals surface area contributed by atoms with Crippen LogP contribution in [-0.4, -0.2) is 35.4 Å². The molecule has 1 aliphatic rings. The summed E-state index contributed by atoms with van der Waals surface area (Å²) < 4.78 is 5.22. The van der Waals surface area contributed by atoms with Gasteiger partial charge in [-0.25, -0.2) is 4.79 Å². The molecule has 0 aliphatic heterocycles. The Labute approximate surface area is 173 Å². The Morgan fingerprint density at radius 1 is 1.03 bits per heavy atom. The van der Waals surface area contributed by atoms with Crippen molar-refractivity contribution in [1.29, 1.82) is 0 Å². The number of carbonyl (C=O) groups is 3. The van der Waals surface area contributed by atoms with Crippen LogP contribution in [0.25, 0.3) is 10.9 Å². The van der Waals surface area contributed by atoms with Crippen LogP contribution in [0, 0.1) is 6.92 Å². The Balaban J connectivity index is 1.42. The molecule has 4 rings (SSSR count). The number of aromatic nitrogens is 1. The van der Waals surface area contributed by atoms with E-state index >= 15 is 0 Å². The van der Waals surface area contributed by atoms with Gasteiger partial charge in [-0.05, 0) is 44.0 Å². The van der Waals surface area contributed by atoms with Gasteiger partial charge in [0.15, 0.2) is 6.61 Å². The summed E-state index contributed by atoms with van der Waals surface area (Å²) in [7, 11) is 0. The summed E-state index contributed by atoms with van der Waals surface area (Å²) in [4.78, 5) is 41.7. The highest BCUT2D eigenvalue weighted by atomic mass is 16.5. The van der Waals surface area contributed by atoms with Crippen LogP contribution >= 0.6 is 0 Å². The number of nitrogens with one attached hydrogen (secondary N) is 2. The lowest BCUT2D eigenvalue weighted by Gasteiger charge is -2.12. The molecule has 0 radical (unpaired) electrons. The number of fused-ring (bicyclic) bond motifs is 1. The summed E-state index contributed by atoms with van der Waals surface area (Å²) in [5, 5.41) is 6.21. The molecular formula is C23H21N3O4. The van der Waals surface area contributed by atoms with Gasteiger partial charge in [-0.2, -0.15) is 0 Å². The van der Waals surface area contributed by atoms with E-state index in [1.54, 1.807) is 43.3 Å². The molecule has 2 N–H and O–H groups in total. The molecule has 0 saturated heterocycles. The Morgan fingerprint density at radius 3 is 2.57 bits per heavy atom. The fraction of sp³-hybridized carbons (Fsp3) is 0.217. The van der Waals surface area contributed by atoms with Crippen LogP contribution in [0.5, 0.6) is 0 Å². The molecule has 0 unspecified atom stereocenters. The number of hydrogen-bond donors (Lipinski definition) is 2. The van der Waals surface area contributed by atoms with Crippen molar-refractivity contribution < 1.29 is 19.1 Å². The average Bonchev–Trinajstić information content (AvgIpc) is 3.55. The van der Waals surface area contributed by atoms with Crippen molar-refractivity contribution in [3.05, 3.63) is 71.4 Å². The maximum Gasteiger partial charge on any atom is 0.339 e. The number of anilines is 1. The minimum Gasteiger partial charge on any atom is -0.452 e. The van der Waals surface area contributed by atoms with Crippen LogP contribution in [0.2, 0.25) is 0 Å². The maximum atomic E-state index is 12.6. The molecule has 3 aromatic rings. The van der Waals surface area contributed by atoms with Crippen molar-refractivity contribution in [1.82, 2.24) is 10.3 Å². The number of pyridine rings is 1. The molecule has 1 fully saturated rings. The van der Waals surface area contributed by atoms with E-state index in [0.717, 1.165) is 12.8 Å². The van der Waals surface area contributed by atoms with Gasteiger partial charge >= 0.3 is 5.97 Å². The summed E-state index contributed by atoms with van der Waals surface area (Å²) in [5.41, 5.74) is 2.47. The van der Waals surface area contributed by atoms with Crippen molar-refractivity contribution in [3.63, 3.8) is 0 Å². The van der Waals surface area contributed by atoms with Crippen molar-refractivity contribution in [2.24, 2.45) is 0 Å². The largest absolute Gasteiger partial charge is 0.452 e.